The Morgan fingerprint density at radius 3 is 2.50 bits per heavy atom. The minimum atomic E-state index is -3.87. The van der Waals surface area contributed by atoms with Gasteiger partial charge < -0.3 is 0 Å². The minimum Gasteiger partial charge on any atom is -0.272 e. The van der Waals surface area contributed by atoms with Gasteiger partial charge in [-0.3, -0.25) is 9.59 Å². The zero-order valence-electron chi connectivity index (χ0n) is 7.27. The molecule has 80 valence electrons. The first kappa shape index (κ1) is 11.4. The van der Waals surface area contributed by atoms with Crippen LogP contribution in [0.15, 0.2) is 0 Å². The fraction of sp³-hybridized carbons (Fsp3) is 0.667. The summed E-state index contributed by atoms with van der Waals surface area (Å²) in [4.78, 5) is 22.1. The predicted molar refractivity (Wildman–Crippen MR) is 46.7 cm³/mol. The number of imide groups is 1. The Hall–Kier alpha value is -0.660. The highest BCUT2D eigenvalue weighted by Gasteiger charge is 2.40. The first-order chi connectivity index (χ1) is 6.37. The number of hydrogen-bond acceptors (Lipinski definition) is 5. The molecule has 0 aromatic carbocycles. The Morgan fingerprint density at radius 2 is 2.14 bits per heavy atom. The molecule has 0 aromatic rings. The molecule has 0 spiro atoms. The number of amides is 2. The molecule has 1 fully saturated rings. The van der Waals surface area contributed by atoms with Gasteiger partial charge in [-0.15, -0.1) is 20.9 Å². The molecule has 0 aliphatic carbocycles. The van der Waals surface area contributed by atoms with Crippen molar-refractivity contribution in [2.45, 2.75) is 18.7 Å². The zero-order chi connectivity index (χ0) is 10.9. The van der Waals surface area contributed by atoms with Crippen LogP contribution < -0.4 is 0 Å². The van der Waals surface area contributed by atoms with Gasteiger partial charge in [0.2, 0.25) is 0 Å². The third kappa shape index (κ3) is 2.23. The van der Waals surface area contributed by atoms with Crippen LogP contribution in [0, 0.1) is 0 Å². The van der Waals surface area contributed by atoms with Gasteiger partial charge in [-0.1, -0.05) is 0 Å². The molecule has 0 N–H and O–H groups in total. The lowest BCUT2D eigenvalue weighted by atomic mass is 10.4. The fourth-order valence-electron chi connectivity index (χ4n) is 0.818. The van der Waals surface area contributed by atoms with Crippen LogP contribution >= 0.6 is 11.6 Å². The molecule has 1 saturated heterocycles. The topological polar surface area (TPSA) is 80.8 Å². The van der Waals surface area contributed by atoms with Crippen molar-refractivity contribution in [3.8, 4) is 0 Å². The van der Waals surface area contributed by atoms with Gasteiger partial charge in [0.1, 0.15) is 5.38 Å². The van der Waals surface area contributed by atoms with Crippen LogP contribution in [0.2, 0.25) is 0 Å². The molecule has 1 aliphatic rings. The summed E-state index contributed by atoms with van der Waals surface area (Å²) in [6.45, 7) is 1.33. The second-order valence-corrected chi connectivity index (χ2v) is 4.99. The van der Waals surface area contributed by atoms with E-state index in [0.717, 1.165) is 0 Å². The normalized spacial score (nSPS) is 23.3. The molecule has 8 heteroatoms. The molecule has 1 atom stereocenters. The van der Waals surface area contributed by atoms with Crippen molar-refractivity contribution in [1.82, 2.24) is 5.06 Å². The van der Waals surface area contributed by atoms with Gasteiger partial charge in [0.05, 0.1) is 12.2 Å². The van der Waals surface area contributed by atoms with E-state index >= 15 is 0 Å². The number of nitrogens with zero attached hydrogens (tertiary/aromatic N) is 1. The molecule has 0 radical (unpaired) electrons. The third-order valence-corrected chi connectivity index (χ3v) is 3.01. The van der Waals surface area contributed by atoms with Crippen molar-refractivity contribution >= 4 is 33.5 Å². The highest BCUT2D eigenvalue weighted by Crippen LogP contribution is 2.19. The molecule has 1 rings (SSSR count). The maximum atomic E-state index is 11.1. The second-order valence-electron chi connectivity index (χ2n) is 2.62. The van der Waals surface area contributed by atoms with Crippen molar-refractivity contribution in [3.63, 3.8) is 0 Å². The molecule has 6 nitrogen and oxygen atoms in total. The molecule has 0 saturated carbocycles. The summed E-state index contributed by atoms with van der Waals surface area (Å²) >= 11 is 5.44. The SMILES string of the molecule is CCS(=O)(=O)ON1C(=O)CC(Cl)C1=O. The van der Waals surface area contributed by atoms with E-state index < -0.39 is 27.3 Å². The Morgan fingerprint density at radius 1 is 1.57 bits per heavy atom. The molecule has 1 heterocycles. The summed E-state index contributed by atoms with van der Waals surface area (Å²) in [7, 11) is -3.87. The van der Waals surface area contributed by atoms with Gasteiger partial charge >= 0.3 is 0 Å². The number of halogens is 1. The molecule has 0 aromatic heterocycles. The van der Waals surface area contributed by atoms with Gasteiger partial charge in [0.25, 0.3) is 21.9 Å². The number of rotatable bonds is 3. The summed E-state index contributed by atoms with van der Waals surface area (Å²) in [5, 5.41) is -0.828. The van der Waals surface area contributed by atoms with Gasteiger partial charge in [-0.05, 0) is 6.92 Å². The van der Waals surface area contributed by atoms with E-state index in [1.165, 1.54) is 6.92 Å². The number of carbonyl (C=O) groups is 2. The predicted octanol–water partition coefficient (Wildman–Crippen LogP) is -0.366. The fourth-order valence-corrected chi connectivity index (χ4v) is 1.53. The summed E-state index contributed by atoms with van der Waals surface area (Å²) < 4.78 is 26.1. The van der Waals surface area contributed by atoms with E-state index in [-0.39, 0.29) is 17.2 Å². The van der Waals surface area contributed by atoms with Crippen LogP contribution in [0.5, 0.6) is 0 Å². The number of hydrogen-bond donors (Lipinski definition) is 0. The monoisotopic (exact) mass is 241 g/mol. The van der Waals surface area contributed by atoms with Crippen LogP contribution in [-0.2, 0) is 24.0 Å². The summed E-state index contributed by atoms with van der Waals surface area (Å²) in [6, 6.07) is 0. The minimum absolute atomic E-state index is 0.205. The molecule has 14 heavy (non-hydrogen) atoms. The molecule has 2 amide bonds. The lowest BCUT2D eigenvalue weighted by Crippen LogP contribution is -2.34. The van der Waals surface area contributed by atoms with Crippen LogP contribution in [-0.4, -0.2) is 36.4 Å². The van der Waals surface area contributed by atoms with Gasteiger partial charge in [-0.25, -0.2) is 0 Å². The van der Waals surface area contributed by atoms with E-state index in [4.69, 9.17) is 11.6 Å². The summed E-state index contributed by atoms with van der Waals surface area (Å²) in [5.41, 5.74) is 0. The number of hydroxylamine groups is 2. The lowest BCUT2D eigenvalue weighted by molar-refractivity contribution is -0.163. The van der Waals surface area contributed by atoms with Crippen molar-refractivity contribution in [1.29, 1.82) is 0 Å². The maximum Gasteiger partial charge on any atom is 0.288 e. The molecular formula is C6H8ClNO5S. The smallest absolute Gasteiger partial charge is 0.272 e. The molecule has 1 aliphatic heterocycles. The van der Waals surface area contributed by atoms with Crippen LogP contribution in [0.4, 0.5) is 0 Å². The van der Waals surface area contributed by atoms with Crippen molar-refractivity contribution in [3.05, 3.63) is 0 Å². The Bertz CT molecular complexity index is 364. The molecular weight excluding hydrogens is 234 g/mol. The van der Waals surface area contributed by atoms with E-state index in [2.05, 4.69) is 4.28 Å². The quantitative estimate of drug-likeness (QED) is 0.498. The second kappa shape index (κ2) is 3.84. The van der Waals surface area contributed by atoms with Gasteiger partial charge in [-0.2, -0.15) is 8.42 Å². The van der Waals surface area contributed by atoms with Crippen molar-refractivity contribution in [2.75, 3.05) is 5.75 Å². The summed E-state index contributed by atoms with van der Waals surface area (Å²) in [5.74, 6) is -1.91. The first-order valence-corrected chi connectivity index (χ1v) is 5.82. The number of carbonyl (C=O) groups excluding carboxylic acids is 2. The van der Waals surface area contributed by atoms with E-state index in [9.17, 15) is 18.0 Å². The zero-order valence-corrected chi connectivity index (χ0v) is 8.84. The first-order valence-electron chi connectivity index (χ1n) is 3.80. The van der Waals surface area contributed by atoms with Crippen molar-refractivity contribution < 1.29 is 22.3 Å². The number of alkyl halides is 1. The van der Waals surface area contributed by atoms with E-state index in [1.54, 1.807) is 0 Å². The average molecular weight is 242 g/mol. The average Bonchev–Trinajstić information content (AvgIpc) is 2.32. The van der Waals surface area contributed by atoms with E-state index in [1.807, 2.05) is 0 Å². The standard InChI is InChI=1S/C6H8ClNO5S/c1-2-14(11,12)13-8-5(9)3-4(7)6(8)10/h4H,2-3H2,1H3. The maximum absolute atomic E-state index is 11.1. The summed E-state index contributed by atoms with van der Waals surface area (Å²) in [6.07, 6.45) is -0.236. The third-order valence-electron chi connectivity index (χ3n) is 1.59. The Balaban J connectivity index is 2.80. The highest BCUT2D eigenvalue weighted by atomic mass is 35.5. The largest absolute Gasteiger partial charge is 0.288 e. The van der Waals surface area contributed by atoms with Crippen molar-refractivity contribution in [2.24, 2.45) is 0 Å². The van der Waals surface area contributed by atoms with Crippen LogP contribution in [0.1, 0.15) is 13.3 Å². The van der Waals surface area contributed by atoms with Crippen LogP contribution in [0.25, 0.3) is 0 Å². The highest BCUT2D eigenvalue weighted by molar-refractivity contribution is 7.86. The Kier molecular flexibility index (Phi) is 3.13. The molecule has 1 unspecified atom stereocenters. The van der Waals surface area contributed by atoms with Gasteiger partial charge in [0.15, 0.2) is 0 Å². The molecule has 0 bridgehead atoms. The van der Waals surface area contributed by atoms with Gasteiger partial charge in [0, 0.05) is 0 Å². The van der Waals surface area contributed by atoms with Crippen LogP contribution in [0.3, 0.4) is 0 Å². The Labute approximate surface area is 85.8 Å². The van der Waals surface area contributed by atoms with E-state index in [0.29, 0.717) is 0 Å². The lowest BCUT2D eigenvalue weighted by Gasteiger charge is -2.11.